The molecule has 3 rings (SSSR count). The van der Waals surface area contributed by atoms with Gasteiger partial charge in [-0.2, -0.15) is 0 Å². The van der Waals surface area contributed by atoms with E-state index >= 15 is 0 Å². The normalized spacial score (nSPS) is 15.4. The molecule has 30 heavy (non-hydrogen) atoms. The Bertz CT molecular complexity index is 969. The van der Waals surface area contributed by atoms with Gasteiger partial charge in [0.05, 0.1) is 29.6 Å². The first-order valence-corrected chi connectivity index (χ1v) is 12.0. The van der Waals surface area contributed by atoms with Gasteiger partial charge in [-0.1, -0.05) is 11.6 Å². The first kappa shape index (κ1) is 22.9. The van der Waals surface area contributed by atoms with Crippen molar-refractivity contribution in [3.05, 3.63) is 46.7 Å². The fourth-order valence-corrected chi connectivity index (χ4v) is 5.09. The number of ether oxygens (including phenoxy) is 2. The van der Waals surface area contributed by atoms with Gasteiger partial charge < -0.3 is 24.8 Å². The summed E-state index contributed by atoms with van der Waals surface area (Å²) in [7, 11) is 3.53. The molecule has 0 amide bonds. The van der Waals surface area contributed by atoms with Crippen LogP contribution in [0.4, 0.5) is 15.8 Å². The lowest BCUT2D eigenvalue weighted by molar-refractivity contribution is 0.130. The largest absolute Gasteiger partial charge is 0.493 e. The molecule has 0 spiro atoms. The number of fused-ring (bicyclic) bond motifs is 1. The van der Waals surface area contributed by atoms with Crippen LogP contribution >= 0.6 is 32.3 Å². The van der Waals surface area contributed by atoms with E-state index in [1.54, 1.807) is 20.1 Å². The molecule has 0 saturated carbocycles. The second-order valence-electron chi connectivity index (χ2n) is 6.87. The minimum atomic E-state index is -0.501. The molecule has 1 atom stereocenters. The maximum atomic E-state index is 13.5. The molecular weight excluding hydrogens is 524 g/mol. The third-order valence-electron chi connectivity index (χ3n) is 4.33. The van der Waals surface area contributed by atoms with Crippen molar-refractivity contribution in [1.29, 1.82) is 0 Å². The van der Waals surface area contributed by atoms with Crippen LogP contribution in [0.5, 0.6) is 11.5 Å². The maximum absolute atomic E-state index is 13.5. The van der Waals surface area contributed by atoms with Gasteiger partial charge in [-0.05, 0) is 59.0 Å². The lowest BCUT2D eigenvalue weighted by Crippen LogP contribution is -2.30. The Morgan fingerprint density at radius 2 is 2.10 bits per heavy atom. The zero-order valence-corrected chi connectivity index (χ0v) is 19.9. The van der Waals surface area contributed by atoms with Gasteiger partial charge >= 0.3 is 0 Å². The van der Waals surface area contributed by atoms with E-state index in [1.807, 2.05) is 28.2 Å². The van der Waals surface area contributed by atoms with E-state index in [-0.39, 0.29) is 5.02 Å². The van der Waals surface area contributed by atoms with Crippen molar-refractivity contribution in [2.75, 3.05) is 39.2 Å². The molecule has 0 radical (unpaired) electrons. The number of nitrogens with zero attached hydrogens (tertiary/aromatic N) is 2. The summed E-state index contributed by atoms with van der Waals surface area (Å²) in [5.74, 6) is 0.782. The minimum Gasteiger partial charge on any atom is -0.493 e. The predicted octanol–water partition coefficient (Wildman–Crippen LogP) is 4.41. The van der Waals surface area contributed by atoms with Crippen molar-refractivity contribution in [2.24, 2.45) is 4.99 Å². The molecule has 2 N–H and O–H groups in total. The molecule has 9 heteroatoms. The number of hydrogen-bond donors (Lipinski definition) is 2. The highest BCUT2D eigenvalue weighted by molar-refractivity contribution is 14.2. The Balaban J connectivity index is 1.84. The van der Waals surface area contributed by atoms with E-state index in [9.17, 15) is 9.50 Å². The maximum Gasteiger partial charge on any atom is 0.162 e. The zero-order chi connectivity index (χ0) is 21.7. The summed E-state index contributed by atoms with van der Waals surface area (Å²) in [6.07, 6.45) is -0.390. The number of halogens is 3. The van der Waals surface area contributed by atoms with Gasteiger partial charge in [0.25, 0.3) is 0 Å². The van der Waals surface area contributed by atoms with Crippen molar-refractivity contribution >= 4 is 51.6 Å². The van der Waals surface area contributed by atoms with Gasteiger partial charge in [-0.3, -0.25) is 0 Å². The highest BCUT2D eigenvalue weighted by atomic mass is 127. The van der Waals surface area contributed by atoms with Crippen molar-refractivity contribution in [3.8, 4) is 11.5 Å². The SMILES string of the molecule is COc1cc2c(cc1OCCN(C)C[C@H](C)O)C(=Nc1ccc(F)c(Cl)c1)I=CN2. The Kier molecular flexibility index (Phi) is 8.04. The van der Waals surface area contributed by atoms with Crippen molar-refractivity contribution in [2.45, 2.75) is 13.0 Å². The number of nitrogens with one attached hydrogen (secondary N) is 1. The molecule has 162 valence electrons. The Morgan fingerprint density at radius 1 is 1.30 bits per heavy atom. The zero-order valence-electron chi connectivity index (χ0n) is 17.0. The van der Waals surface area contributed by atoms with Crippen LogP contribution in [0.3, 0.4) is 0 Å². The molecule has 0 bridgehead atoms. The third kappa shape index (κ3) is 5.90. The van der Waals surface area contributed by atoms with E-state index < -0.39 is 32.7 Å². The fraction of sp³-hybridized carbons (Fsp3) is 0.333. The van der Waals surface area contributed by atoms with Crippen LogP contribution in [-0.2, 0) is 0 Å². The number of anilines is 1. The molecule has 6 nitrogen and oxygen atoms in total. The first-order valence-electron chi connectivity index (χ1n) is 9.34. The molecule has 1 heterocycles. The third-order valence-corrected chi connectivity index (χ3v) is 6.66. The van der Waals surface area contributed by atoms with E-state index in [2.05, 4.69) is 5.32 Å². The fourth-order valence-electron chi connectivity index (χ4n) is 2.93. The monoisotopic (exact) mass is 547 g/mol. The quantitative estimate of drug-likeness (QED) is 0.479. The predicted molar refractivity (Wildman–Crippen MR) is 129 cm³/mol. The van der Waals surface area contributed by atoms with Crippen molar-refractivity contribution in [3.63, 3.8) is 0 Å². The lowest BCUT2D eigenvalue weighted by atomic mass is 10.1. The van der Waals surface area contributed by atoms with Crippen LogP contribution < -0.4 is 14.8 Å². The number of likely N-dealkylation sites (N-methyl/N-ethyl adjacent to an activating group) is 1. The molecule has 1 aliphatic rings. The first-order chi connectivity index (χ1) is 14.4. The smallest absolute Gasteiger partial charge is 0.162 e. The second-order valence-corrected chi connectivity index (χ2v) is 9.55. The number of methoxy groups -OCH3 is 1. The highest BCUT2D eigenvalue weighted by Gasteiger charge is 2.18. The molecule has 0 aromatic heterocycles. The Morgan fingerprint density at radius 3 is 2.80 bits per heavy atom. The minimum absolute atomic E-state index is 0.0493. The summed E-state index contributed by atoms with van der Waals surface area (Å²) in [5.41, 5.74) is 2.41. The van der Waals surface area contributed by atoms with Crippen LogP contribution in [0.15, 0.2) is 35.3 Å². The van der Waals surface area contributed by atoms with Gasteiger partial charge in [0.2, 0.25) is 0 Å². The summed E-state index contributed by atoms with van der Waals surface area (Å²) >= 11 is 5.40. The van der Waals surface area contributed by atoms with Crippen LogP contribution in [-0.4, -0.2) is 57.8 Å². The molecule has 0 saturated heterocycles. The molecule has 0 aliphatic carbocycles. The van der Waals surface area contributed by atoms with Gasteiger partial charge in [0.1, 0.15) is 16.1 Å². The number of hydrogen-bond acceptors (Lipinski definition) is 6. The standard InChI is InChI=1S/C21H24ClFIN3O3/c1-13(28)11-27(2)6-7-30-20-9-15-18(10-19(20)29-3)25-12-24-21(15)26-14-4-5-17(23)16(22)8-14/h4-5,8-10,12-13,25,28H,6-7,11H2,1-3H3/t13-/m0/s1. The van der Waals surface area contributed by atoms with E-state index in [1.165, 1.54) is 12.1 Å². The Hall–Kier alpha value is -1.75. The van der Waals surface area contributed by atoms with Gasteiger partial charge in [-0.15, -0.1) is 0 Å². The van der Waals surface area contributed by atoms with E-state index in [4.69, 9.17) is 26.1 Å². The van der Waals surface area contributed by atoms with Crippen LogP contribution in [0.1, 0.15) is 12.5 Å². The molecule has 1 aliphatic heterocycles. The van der Waals surface area contributed by atoms with Gasteiger partial charge in [0, 0.05) is 28.9 Å². The average molecular weight is 548 g/mol. The molecule has 2 aromatic carbocycles. The summed E-state index contributed by atoms with van der Waals surface area (Å²) in [5, 5.41) is 12.8. The number of rotatable bonds is 8. The number of aliphatic hydroxyl groups is 1. The van der Waals surface area contributed by atoms with E-state index in [0.29, 0.717) is 36.9 Å². The van der Waals surface area contributed by atoms with Crippen molar-refractivity contribution in [1.82, 2.24) is 4.90 Å². The molecule has 0 fully saturated rings. The lowest BCUT2D eigenvalue weighted by Gasteiger charge is -2.21. The summed E-state index contributed by atoms with van der Waals surface area (Å²) < 4.78 is 27.9. The number of aliphatic imine (C=N–C) groups is 1. The average Bonchev–Trinajstić information content (AvgIpc) is 2.70. The topological polar surface area (TPSA) is 66.3 Å². The van der Waals surface area contributed by atoms with Crippen molar-refractivity contribution < 1.29 is 19.0 Å². The van der Waals surface area contributed by atoms with Gasteiger partial charge in [-0.25, -0.2) is 9.38 Å². The van der Waals surface area contributed by atoms with Crippen LogP contribution in [0, 0.1) is 5.82 Å². The molecule has 0 unspecified atom stereocenters. The van der Waals surface area contributed by atoms with Crippen LogP contribution in [0.25, 0.3) is 0 Å². The Labute approximate surface area is 190 Å². The summed E-state index contributed by atoms with van der Waals surface area (Å²) in [6, 6.07) is 8.26. The summed E-state index contributed by atoms with van der Waals surface area (Å²) in [6.45, 7) is 3.45. The van der Waals surface area contributed by atoms with E-state index in [0.717, 1.165) is 15.0 Å². The number of benzene rings is 2. The summed E-state index contributed by atoms with van der Waals surface area (Å²) in [4.78, 5) is 6.71. The number of aliphatic hydroxyl groups excluding tert-OH is 1. The second kappa shape index (κ2) is 10.5. The molecule has 2 aromatic rings. The highest BCUT2D eigenvalue weighted by Crippen LogP contribution is 2.38. The molecular formula is C21H24ClFIN3O3. The van der Waals surface area contributed by atoms with Gasteiger partial charge in [0.15, 0.2) is 11.5 Å². The van der Waals surface area contributed by atoms with Crippen LogP contribution in [0.2, 0.25) is 5.02 Å².